The van der Waals surface area contributed by atoms with Crippen LogP contribution in [0.2, 0.25) is 0 Å². The van der Waals surface area contributed by atoms with E-state index in [0.29, 0.717) is 5.82 Å². The molecule has 0 amide bonds. The van der Waals surface area contributed by atoms with Gasteiger partial charge in [-0.15, -0.1) is 0 Å². The van der Waals surface area contributed by atoms with Crippen LogP contribution in [0.3, 0.4) is 0 Å². The van der Waals surface area contributed by atoms with Crippen molar-refractivity contribution in [3.63, 3.8) is 0 Å². The van der Waals surface area contributed by atoms with Crippen molar-refractivity contribution in [2.24, 2.45) is 0 Å². The average Bonchev–Trinajstić information content (AvgIpc) is 2.17. The lowest BCUT2D eigenvalue weighted by Crippen LogP contribution is -2.15. The molecule has 1 rings (SSSR count). The zero-order chi connectivity index (χ0) is 11.3. The lowest BCUT2D eigenvalue weighted by Gasteiger charge is -2.09. The van der Waals surface area contributed by atoms with Crippen molar-refractivity contribution in [2.45, 2.75) is 18.6 Å². The van der Waals surface area contributed by atoms with Crippen LogP contribution < -0.4 is 11.1 Å². The summed E-state index contributed by atoms with van der Waals surface area (Å²) in [6, 6.07) is 5.46. The van der Waals surface area contributed by atoms with E-state index in [-0.39, 0.29) is 5.25 Å². The molecule has 0 fully saturated rings. The third-order valence-electron chi connectivity index (χ3n) is 2.19. The van der Waals surface area contributed by atoms with Crippen LogP contribution >= 0.6 is 0 Å². The molecule has 1 heterocycles. The maximum atomic E-state index is 11.1. The number of nitrogens with zero attached hydrogens (tertiary/aromatic N) is 1. The Bertz CT molecular complexity index is 343. The highest BCUT2D eigenvalue weighted by Crippen LogP contribution is 2.06. The second kappa shape index (κ2) is 5.70. The summed E-state index contributed by atoms with van der Waals surface area (Å²) in [6.07, 6.45) is 2.59. The fraction of sp³-hybridized carbons (Fsp3) is 0.500. The highest BCUT2D eigenvalue weighted by molar-refractivity contribution is 7.84. The largest absolute Gasteiger partial charge is 0.384 e. The molecule has 4 nitrogen and oxygen atoms in total. The fourth-order valence-corrected chi connectivity index (χ4v) is 1.57. The zero-order valence-corrected chi connectivity index (χ0v) is 9.88. The molecule has 1 aromatic rings. The Morgan fingerprint density at radius 3 is 2.93 bits per heavy atom. The Morgan fingerprint density at radius 1 is 1.60 bits per heavy atom. The van der Waals surface area contributed by atoms with Crippen molar-refractivity contribution in [1.29, 1.82) is 0 Å². The summed E-state index contributed by atoms with van der Waals surface area (Å²) in [5, 5.41) is 3.35. The van der Waals surface area contributed by atoms with E-state index in [1.165, 1.54) is 0 Å². The molecule has 0 saturated heterocycles. The van der Waals surface area contributed by atoms with Gasteiger partial charge in [-0.3, -0.25) is 4.21 Å². The van der Waals surface area contributed by atoms with Gasteiger partial charge in [0, 0.05) is 28.9 Å². The van der Waals surface area contributed by atoms with E-state index < -0.39 is 10.8 Å². The second-order valence-electron chi connectivity index (χ2n) is 3.47. The number of hydrogen-bond donors (Lipinski definition) is 2. The lowest BCUT2D eigenvalue weighted by molar-refractivity contribution is 0.672. The van der Waals surface area contributed by atoms with Gasteiger partial charge in [-0.25, -0.2) is 4.98 Å². The minimum Gasteiger partial charge on any atom is -0.384 e. The summed E-state index contributed by atoms with van der Waals surface area (Å²) >= 11 is 0. The van der Waals surface area contributed by atoms with Crippen LogP contribution in [-0.2, 0) is 10.8 Å². The van der Waals surface area contributed by atoms with Gasteiger partial charge in [0.05, 0.1) is 0 Å². The van der Waals surface area contributed by atoms with Gasteiger partial charge >= 0.3 is 0 Å². The molecule has 2 unspecified atom stereocenters. The predicted molar refractivity (Wildman–Crippen MR) is 65.3 cm³/mol. The summed E-state index contributed by atoms with van der Waals surface area (Å²) in [6.45, 7) is 2.74. The molecule has 5 heteroatoms. The first-order valence-electron chi connectivity index (χ1n) is 4.88. The maximum absolute atomic E-state index is 11.1. The molecule has 0 radical (unpaired) electrons. The van der Waals surface area contributed by atoms with E-state index in [1.54, 1.807) is 12.3 Å². The maximum Gasteiger partial charge on any atom is 0.128 e. The summed E-state index contributed by atoms with van der Waals surface area (Å²) in [7, 11) is -0.758. The van der Waals surface area contributed by atoms with E-state index in [9.17, 15) is 4.21 Å². The molecular formula is C10H17N3OS. The number of nitrogens with two attached hydrogens (primary N) is 1. The van der Waals surface area contributed by atoms with Crippen LogP contribution in [0.25, 0.3) is 0 Å². The standard InChI is InChI=1S/C10H17N3OS/c1-8(15(2)14)6-7-12-10-5-3-4-9(11)13-10/h3-5,8H,6-7H2,1-2H3,(H3,11,12,13). The van der Waals surface area contributed by atoms with Gasteiger partial charge < -0.3 is 11.1 Å². The van der Waals surface area contributed by atoms with Gasteiger partial charge in [0.25, 0.3) is 0 Å². The lowest BCUT2D eigenvalue weighted by atomic mass is 10.3. The Labute approximate surface area is 92.7 Å². The van der Waals surface area contributed by atoms with Crippen molar-refractivity contribution in [3.8, 4) is 0 Å². The van der Waals surface area contributed by atoms with Crippen molar-refractivity contribution >= 4 is 22.4 Å². The van der Waals surface area contributed by atoms with Crippen LogP contribution in [-0.4, -0.2) is 27.2 Å². The fourth-order valence-electron chi connectivity index (χ4n) is 1.12. The normalized spacial score (nSPS) is 14.5. The average molecular weight is 227 g/mol. The molecule has 15 heavy (non-hydrogen) atoms. The third kappa shape index (κ3) is 4.29. The zero-order valence-electron chi connectivity index (χ0n) is 9.06. The van der Waals surface area contributed by atoms with E-state index in [1.807, 2.05) is 19.1 Å². The number of hydrogen-bond acceptors (Lipinski definition) is 4. The first kappa shape index (κ1) is 12.0. The smallest absolute Gasteiger partial charge is 0.128 e. The molecule has 0 bridgehead atoms. The molecular weight excluding hydrogens is 210 g/mol. The number of nitrogens with one attached hydrogen (secondary N) is 1. The molecule has 84 valence electrons. The van der Waals surface area contributed by atoms with Crippen LogP contribution in [0.4, 0.5) is 11.6 Å². The number of nitrogen functional groups attached to an aromatic ring is 1. The Morgan fingerprint density at radius 2 is 2.33 bits per heavy atom. The first-order chi connectivity index (χ1) is 7.09. The first-order valence-corrected chi connectivity index (χ1v) is 6.50. The molecule has 0 aliphatic carbocycles. The van der Waals surface area contributed by atoms with Crippen LogP contribution in [0.15, 0.2) is 18.2 Å². The molecule has 1 aromatic heterocycles. The van der Waals surface area contributed by atoms with Crippen LogP contribution in [0.5, 0.6) is 0 Å². The number of anilines is 2. The van der Waals surface area contributed by atoms with E-state index in [4.69, 9.17) is 5.73 Å². The predicted octanol–water partition coefficient (Wildman–Crippen LogP) is 1.23. The van der Waals surface area contributed by atoms with Gasteiger partial charge in [-0.05, 0) is 18.6 Å². The number of pyridine rings is 1. The highest BCUT2D eigenvalue weighted by Gasteiger charge is 2.05. The number of rotatable bonds is 5. The number of aromatic nitrogens is 1. The minimum absolute atomic E-state index is 0.207. The topological polar surface area (TPSA) is 68.0 Å². The van der Waals surface area contributed by atoms with Gasteiger partial charge in [-0.1, -0.05) is 13.0 Å². The quantitative estimate of drug-likeness (QED) is 0.794. The minimum atomic E-state index is -0.758. The molecule has 0 aliphatic heterocycles. The molecule has 2 atom stereocenters. The highest BCUT2D eigenvalue weighted by atomic mass is 32.2. The molecule has 0 spiro atoms. The second-order valence-corrected chi connectivity index (χ2v) is 5.27. The third-order valence-corrected chi connectivity index (χ3v) is 3.56. The van der Waals surface area contributed by atoms with Gasteiger partial charge in [0.1, 0.15) is 11.6 Å². The molecule has 0 aliphatic rings. The van der Waals surface area contributed by atoms with Gasteiger partial charge in [0.2, 0.25) is 0 Å². The van der Waals surface area contributed by atoms with Gasteiger partial charge in [-0.2, -0.15) is 0 Å². The van der Waals surface area contributed by atoms with Crippen molar-refractivity contribution < 1.29 is 4.21 Å². The Hall–Kier alpha value is -1.10. The monoisotopic (exact) mass is 227 g/mol. The van der Waals surface area contributed by atoms with Crippen molar-refractivity contribution in [1.82, 2.24) is 4.98 Å². The summed E-state index contributed by atoms with van der Waals surface area (Å²) < 4.78 is 11.1. The van der Waals surface area contributed by atoms with Gasteiger partial charge in [0.15, 0.2) is 0 Å². The Kier molecular flexibility index (Phi) is 4.55. The van der Waals surface area contributed by atoms with Crippen LogP contribution in [0.1, 0.15) is 13.3 Å². The summed E-state index contributed by atoms with van der Waals surface area (Å²) in [4.78, 5) is 4.11. The van der Waals surface area contributed by atoms with E-state index in [0.717, 1.165) is 18.8 Å². The van der Waals surface area contributed by atoms with Crippen LogP contribution in [0, 0.1) is 0 Å². The van der Waals surface area contributed by atoms with E-state index >= 15 is 0 Å². The Balaban J connectivity index is 2.35. The van der Waals surface area contributed by atoms with Crippen molar-refractivity contribution in [2.75, 3.05) is 23.9 Å². The molecule has 3 N–H and O–H groups in total. The van der Waals surface area contributed by atoms with Crippen molar-refractivity contribution in [3.05, 3.63) is 18.2 Å². The molecule has 0 aromatic carbocycles. The SMILES string of the molecule is CC(CCNc1cccc(N)n1)S(C)=O. The molecule has 0 saturated carbocycles. The summed E-state index contributed by atoms with van der Waals surface area (Å²) in [5.41, 5.74) is 5.54. The van der Waals surface area contributed by atoms with E-state index in [2.05, 4.69) is 10.3 Å². The summed E-state index contributed by atoms with van der Waals surface area (Å²) in [5.74, 6) is 1.27.